The van der Waals surface area contributed by atoms with Crippen molar-refractivity contribution >= 4 is 0 Å². The molecule has 0 radical (unpaired) electrons. The Bertz CT molecular complexity index is 296. The molecule has 1 N–H and O–H groups in total. The van der Waals surface area contributed by atoms with E-state index in [2.05, 4.69) is 24.4 Å². The number of benzene rings is 1. The van der Waals surface area contributed by atoms with E-state index in [0.29, 0.717) is 5.92 Å². The van der Waals surface area contributed by atoms with Gasteiger partial charge in [-0.15, -0.1) is 5.73 Å². The Morgan fingerprint density at radius 1 is 1.36 bits per heavy atom. The van der Waals surface area contributed by atoms with Crippen LogP contribution in [0.1, 0.15) is 24.3 Å². The summed E-state index contributed by atoms with van der Waals surface area (Å²) in [5, 5.41) is 8.78. The second-order valence-electron chi connectivity index (χ2n) is 3.25. The Hall–Kier alpha value is -1.30. The monoisotopic (exact) mass is 188 g/mol. The fraction of sp³-hybridized carbons (Fsp3) is 0.308. The van der Waals surface area contributed by atoms with Gasteiger partial charge in [-0.3, -0.25) is 0 Å². The molecule has 1 atom stereocenters. The molecule has 0 saturated carbocycles. The van der Waals surface area contributed by atoms with Crippen LogP contribution in [0.3, 0.4) is 0 Å². The van der Waals surface area contributed by atoms with E-state index in [1.54, 1.807) is 0 Å². The van der Waals surface area contributed by atoms with Crippen LogP contribution < -0.4 is 0 Å². The first-order valence-electron chi connectivity index (χ1n) is 4.90. The molecule has 0 aliphatic rings. The third-order valence-corrected chi connectivity index (χ3v) is 2.22. The van der Waals surface area contributed by atoms with E-state index in [1.165, 1.54) is 5.56 Å². The number of aliphatic hydroxyl groups is 1. The van der Waals surface area contributed by atoms with E-state index in [0.717, 1.165) is 12.8 Å². The van der Waals surface area contributed by atoms with Crippen molar-refractivity contribution in [2.24, 2.45) is 0 Å². The summed E-state index contributed by atoms with van der Waals surface area (Å²) in [4.78, 5) is 0. The van der Waals surface area contributed by atoms with Crippen LogP contribution in [0.25, 0.3) is 0 Å². The van der Waals surface area contributed by atoms with Crippen LogP contribution >= 0.6 is 0 Å². The minimum absolute atomic E-state index is 0.244. The molecule has 74 valence electrons. The maximum Gasteiger partial charge on any atom is 0.0431 e. The Labute approximate surface area is 85.4 Å². The van der Waals surface area contributed by atoms with Crippen LogP contribution in [0.2, 0.25) is 0 Å². The second-order valence-corrected chi connectivity index (χ2v) is 3.25. The van der Waals surface area contributed by atoms with Crippen LogP contribution in [-0.2, 0) is 0 Å². The molecule has 1 nitrogen and oxygen atoms in total. The summed E-state index contributed by atoms with van der Waals surface area (Å²) < 4.78 is 0. The summed E-state index contributed by atoms with van der Waals surface area (Å²) in [5.74, 6) is 0.334. The number of hydrogen-bond acceptors (Lipinski definition) is 1. The lowest BCUT2D eigenvalue weighted by molar-refractivity contribution is 0.282. The highest BCUT2D eigenvalue weighted by Gasteiger charge is 2.06. The molecular weight excluding hydrogens is 172 g/mol. The van der Waals surface area contributed by atoms with Gasteiger partial charge in [0.05, 0.1) is 0 Å². The quantitative estimate of drug-likeness (QED) is 0.704. The van der Waals surface area contributed by atoms with Gasteiger partial charge in [-0.05, 0) is 24.5 Å². The van der Waals surface area contributed by atoms with Gasteiger partial charge >= 0.3 is 0 Å². The molecule has 0 aromatic heterocycles. The Morgan fingerprint density at radius 3 is 2.64 bits per heavy atom. The van der Waals surface area contributed by atoms with E-state index >= 15 is 0 Å². The van der Waals surface area contributed by atoms with Crippen molar-refractivity contribution in [3.8, 4) is 0 Å². The number of hydrogen-bond donors (Lipinski definition) is 1. The predicted molar refractivity (Wildman–Crippen MR) is 59.2 cm³/mol. The molecule has 1 rings (SSSR count). The lowest BCUT2D eigenvalue weighted by Crippen LogP contribution is -1.96. The summed E-state index contributed by atoms with van der Waals surface area (Å²) in [7, 11) is 0. The van der Waals surface area contributed by atoms with Crippen molar-refractivity contribution in [2.45, 2.75) is 18.8 Å². The molecule has 1 aromatic rings. The Balaban J connectivity index is 2.72. The van der Waals surface area contributed by atoms with Crippen LogP contribution in [0, 0.1) is 0 Å². The first-order chi connectivity index (χ1) is 6.88. The molecule has 0 amide bonds. The van der Waals surface area contributed by atoms with E-state index in [9.17, 15) is 0 Å². The first kappa shape index (κ1) is 10.8. The van der Waals surface area contributed by atoms with E-state index in [1.807, 2.05) is 24.3 Å². The molecule has 0 spiro atoms. The lowest BCUT2D eigenvalue weighted by atomic mass is 9.94. The summed E-state index contributed by atoms with van der Waals surface area (Å²) >= 11 is 0. The summed E-state index contributed by atoms with van der Waals surface area (Å²) in [6, 6.07) is 10.2. The average molecular weight is 188 g/mol. The number of rotatable bonds is 5. The predicted octanol–water partition coefficient (Wildman–Crippen LogP) is 2.88. The molecule has 0 bridgehead atoms. The maximum absolute atomic E-state index is 8.78. The van der Waals surface area contributed by atoms with Gasteiger partial charge in [-0.25, -0.2) is 0 Å². The van der Waals surface area contributed by atoms with Crippen molar-refractivity contribution in [3.63, 3.8) is 0 Å². The minimum atomic E-state index is 0.244. The fourth-order valence-corrected chi connectivity index (χ4v) is 1.50. The molecule has 0 aliphatic heterocycles. The number of aliphatic hydroxyl groups excluding tert-OH is 1. The molecule has 0 fully saturated rings. The SMILES string of the molecule is C=C=CC(CCCO)c1ccccc1. The van der Waals surface area contributed by atoms with Crippen molar-refractivity contribution in [3.05, 3.63) is 54.3 Å². The highest BCUT2D eigenvalue weighted by atomic mass is 16.2. The van der Waals surface area contributed by atoms with Gasteiger partial charge in [0.15, 0.2) is 0 Å². The van der Waals surface area contributed by atoms with Crippen LogP contribution in [0.5, 0.6) is 0 Å². The first-order valence-corrected chi connectivity index (χ1v) is 4.90. The molecule has 0 aliphatic carbocycles. The maximum atomic E-state index is 8.78. The van der Waals surface area contributed by atoms with Gasteiger partial charge in [-0.1, -0.05) is 36.9 Å². The van der Waals surface area contributed by atoms with Gasteiger partial charge in [0, 0.05) is 12.5 Å². The zero-order chi connectivity index (χ0) is 10.2. The molecule has 1 aromatic carbocycles. The summed E-state index contributed by atoms with van der Waals surface area (Å²) in [6.07, 6.45) is 3.73. The summed E-state index contributed by atoms with van der Waals surface area (Å²) in [5.41, 5.74) is 4.08. The van der Waals surface area contributed by atoms with Crippen molar-refractivity contribution in [1.82, 2.24) is 0 Å². The minimum Gasteiger partial charge on any atom is -0.396 e. The van der Waals surface area contributed by atoms with Crippen molar-refractivity contribution in [1.29, 1.82) is 0 Å². The standard InChI is InChI=1S/C13H16O/c1-2-7-12(10-6-11-14)13-8-4-3-5-9-13/h3-5,7-9,12,14H,1,6,10-11H2. The third kappa shape index (κ3) is 3.21. The molecule has 0 saturated heterocycles. The van der Waals surface area contributed by atoms with Gasteiger partial charge in [0.1, 0.15) is 0 Å². The highest BCUT2D eigenvalue weighted by Crippen LogP contribution is 2.21. The zero-order valence-electron chi connectivity index (χ0n) is 8.32. The van der Waals surface area contributed by atoms with Crippen molar-refractivity contribution in [2.75, 3.05) is 6.61 Å². The second kappa shape index (κ2) is 6.20. The van der Waals surface area contributed by atoms with Crippen LogP contribution in [-0.4, -0.2) is 11.7 Å². The Morgan fingerprint density at radius 2 is 2.07 bits per heavy atom. The molecule has 1 unspecified atom stereocenters. The van der Waals surface area contributed by atoms with Crippen LogP contribution in [0.15, 0.2) is 48.7 Å². The van der Waals surface area contributed by atoms with Crippen molar-refractivity contribution < 1.29 is 5.11 Å². The fourth-order valence-electron chi connectivity index (χ4n) is 1.50. The van der Waals surface area contributed by atoms with Gasteiger partial charge in [0.2, 0.25) is 0 Å². The van der Waals surface area contributed by atoms with Crippen LogP contribution in [0.4, 0.5) is 0 Å². The lowest BCUT2D eigenvalue weighted by Gasteiger charge is -2.10. The largest absolute Gasteiger partial charge is 0.396 e. The normalized spacial score (nSPS) is 11.8. The van der Waals surface area contributed by atoms with Gasteiger partial charge < -0.3 is 5.11 Å². The van der Waals surface area contributed by atoms with Gasteiger partial charge in [-0.2, -0.15) is 0 Å². The van der Waals surface area contributed by atoms with E-state index in [-0.39, 0.29) is 6.61 Å². The smallest absolute Gasteiger partial charge is 0.0431 e. The molecule has 14 heavy (non-hydrogen) atoms. The summed E-state index contributed by atoms with van der Waals surface area (Å²) in [6.45, 7) is 3.84. The zero-order valence-corrected chi connectivity index (χ0v) is 8.32. The molecular formula is C13H16O. The molecule has 0 heterocycles. The van der Waals surface area contributed by atoms with Gasteiger partial charge in [0.25, 0.3) is 0 Å². The molecule has 1 heteroatoms. The number of allylic oxidation sites excluding steroid dienone is 1. The van der Waals surface area contributed by atoms with E-state index in [4.69, 9.17) is 5.11 Å². The Kier molecular flexibility index (Phi) is 4.77. The average Bonchev–Trinajstić information content (AvgIpc) is 2.25. The van der Waals surface area contributed by atoms with E-state index < -0.39 is 0 Å². The highest BCUT2D eigenvalue weighted by molar-refractivity contribution is 5.23. The topological polar surface area (TPSA) is 20.2 Å². The third-order valence-electron chi connectivity index (χ3n) is 2.22.